The molecule has 0 unspecified atom stereocenters. The number of aromatic nitrogens is 3. The molecule has 26 heavy (non-hydrogen) atoms. The van der Waals surface area contributed by atoms with Crippen LogP contribution in [0, 0.1) is 0 Å². The zero-order chi connectivity index (χ0) is 18.4. The molecule has 0 aliphatic rings. The smallest absolute Gasteiger partial charge is 0.328 e. The standard InChI is InChI=1S/C18H17ClN4O3/c1-24-16-10-17(25-2)23-18(22-16)26-15-4-3-9-20-14(15)11-21-13-7-5-12(19)6-8-13/h3-10,21H,11H2,1-2H3. The number of rotatable bonds is 7. The SMILES string of the molecule is COc1cc(OC)nc(Oc2cccnc2CNc2ccc(Cl)cc2)n1. The van der Waals surface area contributed by atoms with Gasteiger partial charge in [-0.25, -0.2) is 0 Å². The fourth-order valence-corrected chi connectivity index (χ4v) is 2.27. The first-order valence-corrected chi connectivity index (χ1v) is 8.14. The summed E-state index contributed by atoms with van der Waals surface area (Å²) >= 11 is 5.90. The highest BCUT2D eigenvalue weighted by Gasteiger charge is 2.11. The Kier molecular flexibility index (Phi) is 5.70. The first-order valence-electron chi connectivity index (χ1n) is 7.76. The zero-order valence-corrected chi connectivity index (χ0v) is 15.0. The first kappa shape index (κ1) is 17.8. The van der Waals surface area contributed by atoms with Gasteiger partial charge in [-0.3, -0.25) is 4.98 Å². The van der Waals surface area contributed by atoms with Crippen LogP contribution in [0.5, 0.6) is 23.5 Å². The van der Waals surface area contributed by atoms with Crippen LogP contribution in [-0.2, 0) is 6.54 Å². The number of methoxy groups -OCH3 is 2. The largest absolute Gasteiger partial charge is 0.481 e. The van der Waals surface area contributed by atoms with E-state index in [1.54, 1.807) is 24.4 Å². The molecule has 134 valence electrons. The molecule has 2 aromatic heterocycles. The number of nitrogens with zero attached hydrogens (tertiary/aromatic N) is 3. The third kappa shape index (κ3) is 4.52. The van der Waals surface area contributed by atoms with Gasteiger partial charge < -0.3 is 19.5 Å². The minimum Gasteiger partial charge on any atom is -0.481 e. The molecule has 8 heteroatoms. The molecule has 3 aromatic rings. The number of anilines is 1. The summed E-state index contributed by atoms with van der Waals surface area (Å²) in [7, 11) is 3.02. The first-order chi connectivity index (χ1) is 12.7. The van der Waals surface area contributed by atoms with Crippen LogP contribution in [0.4, 0.5) is 5.69 Å². The molecule has 0 saturated carbocycles. The molecule has 0 radical (unpaired) electrons. The fourth-order valence-electron chi connectivity index (χ4n) is 2.14. The molecule has 0 amide bonds. The van der Waals surface area contributed by atoms with Gasteiger partial charge in [0.25, 0.3) is 0 Å². The highest BCUT2D eigenvalue weighted by Crippen LogP contribution is 2.26. The van der Waals surface area contributed by atoms with Crippen LogP contribution in [0.15, 0.2) is 48.7 Å². The van der Waals surface area contributed by atoms with Gasteiger partial charge in [0, 0.05) is 16.9 Å². The minimum absolute atomic E-state index is 0.113. The Bertz CT molecular complexity index is 852. The summed E-state index contributed by atoms with van der Waals surface area (Å²) in [6.07, 6.45) is 1.69. The highest BCUT2D eigenvalue weighted by atomic mass is 35.5. The zero-order valence-electron chi connectivity index (χ0n) is 14.3. The fraction of sp³-hybridized carbons (Fsp3) is 0.167. The summed E-state index contributed by atoms with van der Waals surface area (Å²) in [5.74, 6) is 1.22. The Morgan fingerprint density at radius 3 is 2.35 bits per heavy atom. The van der Waals surface area contributed by atoms with E-state index >= 15 is 0 Å². The lowest BCUT2D eigenvalue weighted by atomic mass is 10.3. The van der Waals surface area contributed by atoms with E-state index in [1.165, 1.54) is 14.2 Å². The van der Waals surface area contributed by atoms with Gasteiger partial charge in [0.2, 0.25) is 11.8 Å². The van der Waals surface area contributed by atoms with Crippen molar-refractivity contribution in [3.05, 3.63) is 59.4 Å². The van der Waals surface area contributed by atoms with Crippen LogP contribution in [0.25, 0.3) is 0 Å². The maximum atomic E-state index is 5.90. The normalized spacial score (nSPS) is 10.3. The Morgan fingerprint density at radius 2 is 1.69 bits per heavy atom. The lowest BCUT2D eigenvalue weighted by Crippen LogP contribution is -2.05. The van der Waals surface area contributed by atoms with Crippen molar-refractivity contribution in [2.75, 3.05) is 19.5 Å². The van der Waals surface area contributed by atoms with Crippen LogP contribution in [0.3, 0.4) is 0 Å². The number of benzene rings is 1. The summed E-state index contributed by atoms with van der Waals surface area (Å²) in [6, 6.07) is 12.7. The molecule has 7 nitrogen and oxygen atoms in total. The summed E-state index contributed by atoms with van der Waals surface area (Å²) in [5.41, 5.74) is 1.62. The molecule has 1 aromatic carbocycles. The van der Waals surface area contributed by atoms with Gasteiger partial charge in [-0.2, -0.15) is 9.97 Å². The van der Waals surface area contributed by atoms with E-state index in [1.807, 2.05) is 24.3 Å². The van der Waals surface area contributed by atoms with Crippen LogP contribution in [0.2, 0.25) is 5.02 Å². The second kappa shape index (κ2) is 8.35. The van der Waals surface area contributed by atoms with Crippen molar-refractivity contribution in [1.29, 1.82) is 0 Å². The molecule has 3 rings (SSSR count). The lowest BCUT2D eigenvalue weighted by Gasteiger charge is -2.11. The van der Waals surface area contributed by atoms with E-state index in [-0.39, 0.29) is 6.01 Å². The lowest BCUT2D eigenvalue weighted by molar-refractivity contribution is 0.347. The van der Waals surface area contributed by atoms with Crippen molar-refractivity contribution in [2.45, 2.75) is 6.54 Å². The Hall–Kier alpha value is -3.06. The number of pyridine rings is 1. The summed E-state index contributed by atoms with van der Waals surface area (Å²) < 4.78 is 16.1. The van der Waals surface area contributed by atoms with Crippen LogP contribution >= 0.6 is 11.6 Å². The van der Waals surface area contributed by atoms with E-state index in [2.05, 4.69) is 20.3 Å². The van der Waals surface area contributed by atoms with Crippen molar-refractivity contribution in [3.63, 3.8) is 0 Å². The van der Waals surface area contributed by atoms with Gasteiger partial charge in [-0.05, 0) is 36.4 Å². The van der Waals surface area contributed by atoms with E-state index in [4.69, 9.17) is 25.8 Å². The Labute approximate surface area is 155 Å². The number of hydrogen-bond donors (Lipinski definition) is 1. The topological polar surface area (TPSA) is 78.4 Å². The highest BCUT2D eigenvalue weighted by molar-refractivity contribution is 6.30. The van der Waals surface area contributed by atoms with Crippen molar-refractivity contribution < 1.29 is 14.2 Å². The molecule has 0 bridgehead atoms. The average Bonchev–Trinajstić information content (AvgIpc) is 2.68. The van der Waals surface area contributed by atoms with E-state index in [0.29, 0.717) is 34.8 Å². The maximum Gasteiger partial charge on any atom is 0.328 e. The van der Waals surface area contributed by atoms with Gasteiger partial charge in [-0.1, -0.05) is 11.6 Å². The predicted molar refractivity (Wildman–Crippen MR) is 98.2 cm³/mol. The molecule has 0 spiro atoms. The van der Waals surface area contributed by atoms with Gasteiger partial charge in [0.1, 0.15) is 5.69 Å². The molecule has 0 saturated heterocycles. The van der Waals surface area contributed by atoms with Gasteiger partial charge in [-0.15, -0.1) is 0 Å². The average molecular weight is 373 g/mol. The third-order valence-electron chi connectivity index (χ3n) is 3.43. The van der Waals surface area contributed by atoms with E-state index in [9.17, 15) is 0 Å². The second-order valence-electron chi connectivity index (χ2n) is 5.15. The van der Waals surface area contributed by atoms with Crippen LogP contribution < -0.4 is 19.5 Å². The van der Waals surface area contributed by atoms with E-state index in [0.717, 1.165) is 5.69 Å². The van der Waals surface area contributed by atoms with Crippen molar-refractivity contribution in [3.8, 4) is 23.5 Å². The molecule has 0 fully saturated rings. The Morgan fingerprint density at radius 1 is 1.00 bits per heavy atom. The van der Waals surface area contributed by atoms with Gasteiger partial charge >= 0.3 is 6.01 Å². The summed E-state index contributed by atoms with van der Waals surface area (Å²) in [4.78, 5) is 12.7. The molecule has 0 aliphatic heterocycles. The molecule has 2 heterocycles. The molecular weight excluding hydrogens is 356 g/mol. The second-order valence-corrected chi connectivity index (χ2v) is 5.58. The van der Waals surface area contributed by atoms with Crippen molar-refractivity contribution in [2.24, 2.45) is 0 Å². The summed E-state index contributed by atoms with van der Waals surface area (Å²) in [5, 5.41) is 3.95. The Balaban J connectivity index is 1.77. The third-order valence-corrected chi connectivity index (χ3v) is 3.68. The number of nitrogens with one attached hydrogen (secondary N) is 1. The predicted octanol–water partition coefficient (Wildman–Crippen LogP) is 3.95. The van der Waals surface area contributed by atoms with Gasteiger partial charge in [0.05, 0.1) is 26.8 Å². The molecule has 0 atom stereocenters. The monoisotopic (exact) mass is 372 g/mol. The number of halogens is 1. The molecule has 0 aliphatic carbocycles. The van der Waals surface area contributed by atoms with Crippen LogP contribution in [-0.4, -0.2) is 29.2 Å². The molecule has 1 N–H and O–H groups in total. The van der Waals surface area contributed by atoms with Crippen molar-refractivity contribution in [1.82, 2.24) is 15.0 Å². The van der Waals surface area contributed by atoms with Gasteiger partial charge in [0.15, 0.2) is 5.75 Å². The number of hydrogen-bond acceptors (Lipinski definition) is 7. The summed E-state index contributed by atoms with van der Waals surface area (Å²) in [6.45, 7) is 0.457. The quantitative estimate of drug-likeness (QED) is 0.672. The maximum absolute atomic E-state index is 5.90. The number of ether oxygens (including phenoxy) is 3. The van der Waals surface area contributed by atoms with Crippen molar-refractivity contribution >= 4 is 17.3 Å². The molecular formula is C18H17ClN4O3. The van der Waals surface area contributed by atoms with E-state index < -0.39 is 0 Å². The van der Waals surface area contributed by atoms with Crippen LogP contribution in [0.1, 0.15) is 5.69 Å². The minimum atomic E-state index is 0.113.